The fourth-order valence-electron chi connectivity index (χ4n) is 1.85. The van der Waals surface area contributed by atoms with Crippen molar-refractivity contribution in [3.05, 3.63) is 29.6 Å². The summed E-state index contributed by atoms with van der Waals surface area (Å²) in [7, 11) is 0. The Morgan fingerprint density at radius 1 is 1.37 bits per heavy atom. The Morgan fingerprint density at radius 3 is 2.63 bits per heavy atom. The molecule has 0 heterocycles. The van der Waals surface area contributed by atoms with Crippen LogP contribution >= 0.6 is 0 Å². The van der Waals surface area contributed by atoms with Gasteiger partial charge in [-0.1, -0.05) is 0 Å². The van der Waals surface area contributed by atoms with Crippen molar-refractivity contribution in [3.8, 4) is 5.75 Å². The van der Waals surface area contributed by atoms with Crippen LogP contribution in [0.1, 0.15) is 19.4 Å². The Bertz CT molecular complexity index is 420. The van der Waals surface area contributed by atoms with E-state index in [1.807, 2.05) is 13.8 Å². The minimum atomic E-state index is -0.328. The first-order chi connectivity index (χ1) is 9.12. The van der Waals surface area contributed by atoms with Crippen molar-refractivity contribution in [1.29, 1.82) is 0 Å². The highest BCUT2D eigenvalue weighted by molar-refractivity contribution is 5.77. The number of ether oxygens (including phenoxy) is 1. The summed E-state index contributed by atoms with van der Waals surface area (Å²) in [6, 6.07) is 4.25. The summed E-state index contributed by atoms with van der Waals surface area (Å²) < 4.78 is 18.6. The number of amides is 1. The van der Waals surface area contributed by atoms with Crippen molar-refractivity contribution >= 4 is 5.91 Å². The molecule has 0 aliphatic carbocycles. The number of nitrogens with zero attached hydrogens (tertiary/aromatic N) is 1. The molecule has 5 heteroatoms. The molecule has 1 aromatic rings. The number of benzene rings is 1. The van der Waals surface area contributed by atoms with E-state index in [9.17, 15) is 9.18 Å². The van der Waals surface area contributed by atoms with E-state index in [0.717, 1.165) is 0 Å². The minimum Gasteiger partial charge on any atom is -0.483 e. The second-order valence-electron chi connectivity index (χ2n) is 4.15. The first kappa shape index (κ1) is 15.4. The fraction of sp³-hybridized carbons (Fsp3) is 0.500. The third-order valence-corrected chi connectivity index (χ3v) is 2.90. The van der Waals surface area contributed by atoms with Crippen LogP contribution in [0.25, 0.3) is 0 Å². The van der Waals surface area contributed by atoms with E-state index in [0.29, 0.717) is 37.4 Å². The molecule has 1 rings (SSSR count). The molecular formula is C14H21FN2O2. The molecule has 4 nitrogen and oxygen atoms in total. The minimum absolute atomic E-state index is 0.0368. The monoisotopic (exact) mass is 268 g/mol. The van der Waals surface area contributed by atoms with Crippen LogP contribution in [-0.4, -0.2) is 37.0 Å². The molecule has 19 heavy (non-hydrogen) atoms. The highest BCUT2D eigenvalue weighted by Crippen LogP contribution is 2.20. The average molecular weight is 268 g/mol. The van der Waals surface area contributed by atoms with Gasteiger partial charge in [0.15, 0.2) is 6.61 Å². The molecule has 0 spiro atoms. The molecule has 0 aromatic heterocycles. The highest BCUT2D eigenvalue weighted by Gasteiger charge is 2.12. The Hall–Kier alpha value is -1.62. The van der Waals surface area contributed by atoms with Crippen LogP contribution in [0.4, 0.5) is 4.39 Å². The summed E-state index contributed by atoms with van der Waals surface area (Å²) >= 11 is 0. The zero-order valence-corrected chi connectivity index (χ0v) is 11.5. The highest BCUT2D eigenvalue weighted by atomic mass is 19.1. The van der Waals surface area contributed by atoms with Crippen LogP contribution in [0.3, 0.4) is 0 Å². The topological polar surface area (TPSA) is 55.6 Å². The number of rotatable bonds is 7. The van der Waals surface area contributed by atoms with Crippen molar-refractivity contribution in [2.24, 2.45) is 5.73 Å². The first-order valence-corrected chi connectivity index (χ1v) is 6.51. The lowest BCUT2D eigenvalue weighted by Crippen LogP contribution is -2.34. The zero-order valence-electron chi connectivity index (χ0n) is 11.5. The van der Waals surface area contributed by atoms with E-state index in [1.54, 1.807) is 4.90 Å². The number of hydrogen-bond acceptors (Lipinski definition) is 3. The average Bonchev–Trinajstić information content (AvgIpc) is 2.39. The van der Waals surface area contributed by atoms with Gasteiger partial charge in [-0.3, -0.25) is 4.79 Å². The van der Waals surface area contributed by atoms with E-state index in [4.69, 9.17) is 10.5 Å². The van der Waals surface area contributed by atoms with Crippen LogP contribution in [0, 0.1) is 5.82 Å². The Labute approximate surface area is 113 Å². The summed E-state index contributed by atoms with van der Waals surface area (Å²) in [6.45, 7) is 5.50. The Morgan fingerprint density at radius 2 is 2.05 bits per heavy atom. The third kappa shape index (κ3) is 4.52. The number of halogens is 1. The molecule has 2 N–H and O–H groups in total. The molecule has 1 aromatic carbocycles. The van der Waals surface area contributed by atoms with Gasteiger partial charge in [0.05, 0.1) is 0 Å². The molecule has 0 radical (unpaired) electrons. The Kier molecular flexibility index (Phi) is 6.29. The summed E-state index contributed by atoms with van der Waals surface area (Å²) in [5.41, 5.74) is 6.16. The molecule has 0 aliphatic heterocycles. The van der Waals surface area contributed by atoms with E-state index >= 15 is 0 Å². The number of carbonyl (C=O) groups excluding carboxylic acids is 1. The van der Waals surface area contributed by atoms with Gasteiger partial charge in [0, 0.05) is 13.1 Å². The SMILES string of the molecule is CCN(CC)C(=O)COc1ccc(F)cc1CCN. The van der Waals surface area contributed by atoms with E-state index < -0.39 is 0 Å². The molecule has 0 fully saturated rings. The van der Waals surface area contributed by atoms with Gasteiger partial charge < -0.3 is 15.4 Å². The van der Waals surface area contributed by atoms with Gasteiger partial charge in [0.2, 0.25) is 0 Å². The molecule has 0 unspecified atom stereocenters. The molecule has 0 aliphatic rings. The first-order valence-electron chi connectivity index (χ1n) is 6.51. The van der Waals surface area contributed by atoms with Gasteiger partial charge in [0.25, 0.3) is 5.91 Å². The maximum absolute atomic E-state index is 13.1. The molecule has 0 bridgehead atoms. The third-order valence-electron chi connectivity index (χ3n) is 2.90. The van der Waals surface area contributed by atoms with Crippen molar-refractivity contribution in [2.75, 3.05) is 26.2 Å². The largest absolute Gasteiger partial charge is 0.483 e. The Balaban J connectivity index is 2.69. The standard InChI is InChI=1S/C14H21FN2O2/c1-3-17(4-2)14(18)10-19-13-6-5-12(15)9-11(13)7-8-16/h5-6,9H,3-4,7-8,10,16H2,1-2H3. The van der Waals surface area contributed by atoms with Crippen LogP contribution < -0.4 is 10.5 Å². The summed E-state index contributed by atoms with van der Waals surface area (Å²) in [5.74, 6) is 0.117. The summed E-state index contributed by atoms with van der Waals surface area (Å²) in [4.78, 5) is 13.5. The second kappa shape index (κ2) is 7.74. The van der Waals surface area contributed by atoms with Crippen molar-refractivity contribution in [2.45, 2.75) is 20.3 Å². The second-order valence-corrected chi connectivity index (χ2v) is 4.15. The fourth-order valence-corrected chi connectivity index (χ4v) is 1.85. The molecule has 0 atom stereocenters. The van der Waals surface area contributed by atoms with Crippen molar-refractivity contribution < 1.29 is 13.9 Å². The van der Waals surface area contributed by atoms with E-state index in [2.05, 4.69) is 0 Å². The number of carbonyl (C=O) groups is 1. The predicted octanol–water partition coefficient (Wildman–Crippen LogP) is 1.57. The lowest BCUT2D eigenvalue weighted by atomic mass is 10.1. The van der Waals surface area contributed by atoms with Gasteiger partial charge in [-0.2, -0.15) is 0 Å². The van der Waals surface area contributed by atoms with E-state index in [1.165, 1.54) is 18.2 Å². The van der Waals surface area contributed by atoms with E-state index in [-0.39, 0.29) is 18.3 Å². The van der Waals surface area contributed by atoms with Crippen LogP contribution in [0.5, 0.6) is 5.75 Å². The molecule has 106 valence electrons. The summed E-state index contributed by atoms with van der Waals surface area (Å²) in [6.07, 6.45) is 0.520. The zero-order chi connectivity index (χ0) is 14.3. The quantitative estimate of drug-likeness (QED) is 0.816. The maximum Gasteiger partial charge on any atom is 0.260 e. The van der Waals surface area contributed by atoms with Crippen molar-refractivity contribution in [1.82, 2.24) is 4.90 Å². The number of likely N-dealkylation sites (N-methyl/N-ethyl adjacent to an activating group) is 1. The maximum atomic E-state index is 13.1. The summed E-state index contributed by atoms with van der Waals surface area (Å²) in [5, 5.41) is 0. The van der Waals surface area contributed by atoms with Gasteiger partial charge in [-0.15, -0.1) is 0 Å². The lowest BCUT2D eigenvalue weighted by Gasteiger charge is -2.19. The number of nitrogens with two attached hydrogens (primary N) is 1. The molecule has 1 amide bonds. The van der Waals surface area contributed by atoms with Crippen LogP contribution in [0.15, 0.2) is 18.2 Å². The molecule has 0 saturated carbocycles. The smallest absolute Gasteiger partial charge is 0.260 e. The van der Waals surface area contributed by atoms with Crippen LogP contribution in [0.2, 0.25) is 0 Å². The van der Waals surface area contributed by atoms with Gasteiger partial charge in [0.1, 0.15) is 11.6 Å². The predicted molar refractivity (Wildman–Crippen MR) is 72.6 cm³/mol. The molecular weight excluding hydrogens is 247 g/mol. The lowest BCUT2D eigenvalue weighted by molar-refractivity contribution is -0.132. The normalized spacial score (nSPS) is 10.3. The van der Waals surface area contributed by atoms with Gasteiger partial charge in [-0.05, 0) is 50.6 Å². The van der Waals surface area contributed by atoms with Crippen molar-refractivity contribution in [3.63, 3.8) is 0 Å². The van der Waals surface area contributed by atoms with Crippen LogP contribution in [-0.2, 0) is 11.2 Å². The van der Waals surface area contributed by atoms with Gasteiger partial charge in [-0.25, -0.2) is 4.39 Å². The molecule has 0 saturated heterocycles. The number of hydrogen-bond donors (Lipinski definition) is 1. The van der Waals surface area contributed by atoms with Gasteiger partial charge >= 0.3 is 0 Å².